The average Bonchev–Trinajstić information content (AvgIpc) is 3.78. The summed E-state index contributed by atoms with van der Waals surface area (Å²) in [6.07, 6.45) is 13.4. The number of esters is 1. The summed E-state index contributed by atoms with van der Waals surface area (Å²) in [7, 11) is 0. The van der Waals surface area contributed by atoms with Crippen LogP contribution in [0.3, 0.4) is 0 Å². The molecule has 2 aromatic carbocycles. The van der Waals surface area contributed by atoms with Crippen molar-refractivity contribution in [3.05, 3.63) is 53.1 Å². The molecule has 3 aliphatic carbocycles. The molecule has 0 radical (unpaired) electrons. The molecule has 7 heteroatoms. The second-order valence-electron chi connectivity index (χ2n) is 14.4. The molecule has 2 aliphatic heterocycles. The highest BCUT2D eigenvalue weighted by Crippen LogP contribution is 2.66. The maximum atomic E-state index is 13.8. The van der Waals surface area contributed by atoms with Crippen molar-refractivity contribution in [2.45, 2.75) is 121 Å². The second kappa shape index (κ2) is 12.6. The number of ether oxygens (including phenoxy) is 2. The number of likely N-dealkylation sites (N-methyl/N-ethyl adjacent to an activating group) is 1. The van der Waals surface area contributed by atoms with Gasteiger partial charge in [0.05, 0.1) is 6.04 Å². The molecule has 7 rings (SSSR count). The van der Waals surface area contributed by atoms with Crippen molar-refractivity contribution in [1.29, 1.82) is 0 Å². The van der Waals surface area contributed by atoms with Gasteiger partial charge in [0.2, 0.25) is 5.91 Å². The predicted octanol–water partition coefficient (Wildman–Crippen LogP) is 6.57. The third-order valence-corrected chi connectivity index (χ3v) is 11.7. The molecule has 2 bridgehead atoms. The van der Waals surface area contributed by atoms with E-state index in [9.17, 15) is 14.7 Å². The summed E-state index contributed by atoms with van der Waals surface area (Å²) in [5.74, 6) is 2.17. The molecule has 3 fully saturated rings. The van der Waals surface area contributed by atoms with Gasteiger partial charge in [-0.1, -0.05) is 49.6 Å². The van der Waals surface area contributed by atoms with E-state index in [1.54, 1.807) is 6.07 Å². The van der Waals surface area contributed by atoms with Gasteiger partial charge in [-0.15, -0.1) is 0 Å². The van der Waals surface area contributed by atoms with Crippen LogP contribution in [0, 0.1) is 11.8 Å². The Labute approximate surface area is 268 Å². The Bertz CT molecular complexity index is 1410. The molecule has 242 valence electrons. The van der Waals surface area contributed by atoms with Gasteiger partial charge in [0, 0.05) is 55.1 Å². The normalized spacial score (nSPS) is 27.9. The minimum atomic E-state index is -0.423. The summed E-state index contributed by atoms with van der Waals surface area (Å²) in [5, 5.41) is 11.3. The summed E-state index contributed by atoms with van der Waals surface area (Å²) in [4.78, 5) is 30.7. The first kappa shape index (κ1) is 30.6. The summed E-state index contributed by atoms with van der Waals surface area (Å²) >= 11 is 0. The van der Waals surface area contributed by atoms with E-state index in [1.807, 2.05) is 0 Å². The van der Waals surface area contributed by atoms with Crippen LogP contribution in [0.1, 0.15) is 101 Å². The van der Waals surface area contributed by atoms with Gasteiger partial charge < -0.3 is 19.5 Å². The first-order valence-corrected chi connectivity index (χ1v) is 17.7. The number of carbonyl (C=O) groups excluding carboxylic acids is 2. The summed E-state index contributed by atoms with van der Waals surface area (Å²) < 4.78 is 12.6. The minimum Gasteiger partial charge on any atom is -0.508 e. The van der Waals surface area contributed by atoms with Crippen LogP contribution in [-0.2, 0) is 27.8 Å². The first-order valence-electron chi connectivity index (χ1n) is 17.7. The van der Waals surface area contributed by atoms with Crippen LogP contribution in [-0.4, -0.2) is 64.6 Å². The standard InChI is InChI=1S/C38H50N2O5/c1-3-40(34(43)15-11-6-4-5-8-12-26-13-9-7-10-14-26)30-19-18-29-31-22-28-32(42)23-33(44-25(2)41)36-35(28)38(29,37(30)45-36)20-21-39(31)24-27-16-17-27/h7,9-10,13-14,23,27,29-31,37,42H,3-6,8,11-12,15-22,24H2,1-2H3/t29-,30+,31+,37-,38-/m0/s1. The molecule has 1 spiro atoms. The number of carbonyl (C=O) groups is 2. The number of nitrogens with zero attached hydrogens (tertiary/aromatic N) is 2. The smallest absolute Gasteiger partial charge is 0.308 e. The van der Waals surface area contributed by atoms with Gasteiger partial charge in [-0.3, -0.25) is 14.5 Å². The Morgan fingerprint density at radius 3 is 2.60 bits per heavy atom. The highest BCUT2D eigenvalue weighted by molar-refractivity contribution is 5.77. The Morgan fingerprint density at radius 2 is 1.84 bits per heavy atom. The molecule has 5 aliphatic rings. The van der Waals surface area contributed by atoms with Gasteiger partial charge in [-0.05, 0) is 88.7 Å². The SMILES string of the molecule is CCN(C(=O)CCCCCCCc1ccccc1)[C@@H]1CC[C@H]2[C@H]3Cc4c(O)cc(OC(C)=O)c5c4[C@@]2(CCN3CC2CC2)[C@H]1O5. The number of hydrogen-bond donors (Lipinski definition) is 1. The number of benzene rings is 2. The molecular weight excluding hydrogens is 564 g/mol. The van der Waals surface area contributed by atoms with Crippen molar-refractivity contribution in [3.63, 3.8) is 0 Å². The first-order chi connectivity index (χ1) is 21.9. The lowest BCUT2D eigenvalue weighted by molar-refractivity contribution is -0.142. The van der Waals surface area contributed by atoms with Crippen molar-refractivity contribution in [2.75, 3.05) is 19.6 Å². The molecule has 1 amide bonds. The van der Waals surface area contributed by atoms with Crippen molar-refractivity contribution < 1.29 is 24.2 Å². The van der Waals surface area contributed by atoms with E-state index >= 15 is 0 Å². The number of phenolic OH excluding ortho intramolecular Hbond substituents is 1. The topological polar surface area (TPSA) is 79.3 Å². The van der Waals surface area contributed by atoms with Gasteiger partial charge in [-0.2, -0.15) is 0 Å². The molecule has 1 N–H and O–H groups in total. The molecule has 5 atom stereocenters. The zero-order valence-corrected chi connectivity index (χ0v) is 27.1. The van der Waals surface area contributed by atoms with Crippen molar-refractivity contribution in [2.24, 2.45) is 11.8 Å². The molecule has 45 heavy (non-hydrogen) atoms. The number of unbranched alkanes of at least 4 members (excludes halogenated alkanes) is 4. The number of phenols is 1. The molecule has 7 nitrogen and oxygen atoms in total. The van der Waals surface area contributed by atoms with Gasteiger partial charge in [-0.25, -0.2) is 0 Å². The van der Waals surface area contributed by atoms with Crippen molar-refractivity contribution in [1.82, 2.24) is 9.80 Å². The number of rotatable bonds is 13. The maximum Gasteiger partial charge on any atom is 0.308 e. The number of hydrogen-bond acceptors (Lipinski definition) is 6. The van der Waals surface area contributed by atoms with Crippen LogP contribution in [0.25, 0.3) is 0 Å². The quantitative estimate of drug-likeness (QED) is 0.156. The van der Waals surface area contributed by atoms with E-state index < -0.39 is 5.97 Å². The number of aryl methyl sites for hydroxylation is 1. The zero-order chi connectivity index (χ0) is 31.1. The highest BCUT2D eigenvalue weighted by Gasteiger charge is 2.67. The molecule has 0 unspecified atom stereocenters. The lowest BCUT2D eigenvalue weighted by Gasteiger charge is -2.60. The monoisotopic (exact) mass is 614 g/mol. The van der Waals surface area contributed by atoms with Crippen molar-refractivity contribution >= 4 is 11.9 Å². The molecule has 2 heterocycles. The average molecular weight is 615 g/mol. The fraction of sp³-hybridized carbons (Fsp3) is 0.632. The zero-order valence-electron chi connectivity index (χ0n) is 27.1. The van der Waals surface area contributed by atoms with E-state index in [0.717, 1.165) is 81.5 Å². The Morgan fingerprint density at radius 1 is 1.07 bits per heavy atom. The number of aromatic hydroxyl groups is 1. The van der Waals surface area contributed by atoms with Crippen LogP contribution >= 0.6 is 0 Å². The maximum absolute atomic E-state index is 13.8. The van der Waals surface area contributed by atoms with Crippen LogP contribution in [0.15, 0.2) is 36.4 Å². The van der Waals surface area contributed by atoms with Crippen molar-refractivity contribution in [3.8, 4) is 17.2 Å². The van der Waals surface area contributed by atoms with Gasteiger partial charge in [0.1, 0.15) is 11.9 Å². The van der Waals surface area contributed by atoms with Crippen LogP contribution in [0.5, 0.6) is 17.2 Å². The fourth-order valence-electron chi connectivity index (χ4n) is 9.58. The third kappa shape index (κ3) is 5.64. The molecule has 1 saturated heterocycles. The Hall–Kier alpha value is -3.06. The van der Waals surface area contributed by atoms with E-state index in [4.69, 9.17) is 9.47 Å². The van der Waals surface area contributed by atoms with E-state index in [1.165, 1.54) is 38.2 Å². The van der Waals surface area contributed by atoms with Gasteiger partial charge in [0.15, 0.2) is 11.5 Å². The summed E-state index contributed by atoms with van der Waals surface area (Å²) in [5.41, 5.74) is 3.15. The second-order valence-corrected chi connectivity index (χ2v) is 14.4. The number of piperidine rings is 1. The Balaban J connectivity index is 1.07. The van der Waals surface area contributed by atoms with E-state index in [2.05, 4.69) is 47.1 Å². The summed E-state index contributed by atoms with van der Waals surface area (Å²) in [6.45, 7) is 6.29. The number of likely N-dealkylation sites (tertiary alicyclic amines) is 1. The summed E-state index contributed by atoms with van der Waals surface area (Å²) in [6, 6.07) is 12.6. The van der Waals surface area contributed by atoms with Crippen LogP contribution in [0.4, 0.5) is 0 Å². The van der Waals surface area contributed by atoms with Crippen LogP contribution in [0.2, 0.25) is 0 Å². The Kier molecular flexibility index (Phi) is 8.58. The minimum absolute atomic E-state index is 0.0362. The van der Waals surface area contributed by atoms with Gasteiger partial charge >= 0.3 is 5.97 Å². The predicted molar refractivity (Wildman–Crippen MR) is 174 cm³/mol. The van der Waals surface area contributed by atoms with Crippen LogP contribution < -0.4 is 9.47 Å². The third-order valence-electron chi connectivity index (χ3n) is 11.7. The lowest BCUT2D eigenvalue weighted by atomic mass is 9.50. The molecular formula is C38H50N2O5. The fourth-order valence-corrected chi connectivity index (χ4v) is 9.58. The highest BCUT2D eigenvalue weighted by atomic mass is 16.6. The molecule has 2 saturated carbocycles. The lowest BCUT2D eigenvalue weighted by Crippen LogP contribution is -2.69. The largest absolute Gasteiger partial charge is 0.508 e. The van der Waals surface area contributed by atoms with Gasteiger partial charge in [0.25, 0.3) is 0 Å². The molecule has 0 aromatic heterocycles. The van der Waals surface area contributed by atoms with E-state index in [0.29, 0.717) is 36.4 Å². The number of amides is 1. The van der Waals surface area contributed by atoms with E-state index in [-0.39, 0.29) is 29.2 Å². The molecule has 2 aromatic rings.